The Morgan fingerprint density at radius 2 is 0.851 bits per heavy atom. The second-order valence-electron chi connectivity index (χ2n) is 20.1. The zero-order valence-electron chi connectivity index (χ0n) is 42.4. The quantitative estimate of drug-likeness (QED) is 0.0263. The molecule has 0 aliphatic carbocycles. The van der Waals surface area contributed by atoms with E-state index in [1.807, 2.05) is 0 Å². The molecular formula is C53H103NO13. The maximum Gasteiger partial charge on any atom is 0.220 e. The second-order valence-corrected chi connectivity index (χ2v) is 20.1. The van der Waals surface area contributed by atoms with Crippen molar-refractivity contribution in [2.75, 3.05) is 19.8 Å². The molecule has 14 nitrogen and oxygen atoms in total. The second kappa shape index (κ2) is 40.6. The molecule has 12 atom stereocenters. The van der Waals surface area contributed by atoms with E-state index in [1.165, 1.54) is 148 Å². The van der Waals surface area contributed by atoms with E-state index in [9.17, 15) is 45.6 Å². The number of nitrogens with one attached hydrogen (secondary N) is 1. The van der Waals surface area contributed by atoms with Crippen LogP contribution in [0.25, 0.3) is 0 Å². The largest absolute Gasteiger partial charge is 0.394 e. The third-order valence-corrected chi connectivity index (χ3v) is 14.1. The van der Waals surface area contributed by atoms with Crippen LogP contribution in [0.15, 0.2) is 0 Å². The van der Waals surface area contributed by atoms with Gasteiger partial charge in [0.1, 0.15) is 48.8 Å². The van der Waals surface area contributed by atoms with Crippen molar-refractivity contribution in [3.8, 4) is 0 Å². The Morgan fingerprint density at radius 3 is 1.27 bits per heavy atom. The highest BCUT2D eigenvalue weighted by Crippen LogP contribution is 2.30. The number of rotatable bonds is 44. The molecule has 0 aromatic rings. The first-order valence-corrected chi connectivity index (χ1v) is 27.8. The Hall–Kier alpha value is -1.01. The SMILES string of the molecule is CCCCCCCCCCCCCCCCCCCCCCCCCCCCCC(=O)NC(COC1OC(CO)C(OC2OC(CO)C(O)C(O)C2O)C(O)C1O)C(O)CCCCCCCC. The number of hydrogen-bond donors (Lipinski definition) is 9. The lowest BCUT2D eigenvalue weighted by Gasteiger charge is -2.46. The van der Waals surface area contributed by atoms with Crippen LogP contribution in [0, 0.1) is 0 Å². The minimum Gasteiger partial charge on any atom is -0.394 e. The fourth-order valence-corrected chi connectivity index (χ4v) is 9.53. The molecule has 2 aliphatic rings. The number of amides is 1. The van der Waals surface area contributed by atoms with E-state index in [0.717, 1.165) is 64.2 Å². The van der Waals surface area contributed by atoms with Crippen molar-refractivity contribution in [1.29, 1.82) is 0 Å². The molecular weight excluding hydrogens is 859 g/mol. The number of hydrogen-bond acceptors (Lipinski definition) is 13. The number of unbranched alkanes of at least 4 members (excludes halogenated alkanes) is 31. The molecule has 2 heterocycles. The van der Waals surface area contributed by atoms with Gasteiger partial charge in [-0.1, -0.05) is 219 Å². The lowest BCUT2D eigenvalue weighted by Crippen LogP contribution is -2.65. The first-order chi connectivity index (χ1) is 32.6. The summed E-state index contributed by atoms with van der Waals surface area (Å²) in [6.07, 6.45) is 26.0. The molecule has 14 heteroatoms. The maximum absolute atomic E-state index is 13.1. The fourth-order valence-electron chi connectivity index (χ4n) is 9.53. The molecule has 0 aromatic carbocycles. The van der Waals surface area contributed by atoms with Gasteiger partial charge in [0.2, 0.25) is 5.91 Å². The Labute approximate surface area is 406 Å². The van der Waals surface area contributed by atoms with Gasteiger partial charge in [-0.2, -0.15) is 0 Å². The zero-order chi connectivity index (χ0) is 48.9. The fraction of sp³-hybridized carbons (Fsp3) is 0.981. The van der Waals surface area contributed by atoms with E-state index >= 15 is 0 Å². The molecule has 0 bridgehead atoms. The van der Waals surface area contributed by atoms with Crippen molar-refractivity contribution in [1.82, 2.24) is 5.32 Å². The molecule has 9 N–H and O–H groups in total. The van der Waals surface area contributed by atoms with E-state index < -0.39 is 86.8 Å². The minimum atomic E-state index is -1.78. The van der Waals surface area contributed by atoms with Gasteiger partial charge < -0.3 is 65.1 Å². The summed E-state index contributed by atoms with van der Waals surface area (Å²) < 4.78 is 22.7. The molecule has 0 radical (unpaired) electrons. The van der Waals surface area contributed by atoms with Crippen molar-refractivity contribution in [3.05, 3.63) is 0 Å². The maximum atomic E-state index is 13.1. The molecule has 0 spiro atoms. The molecule has 1 amide bonds. The predicted octanol–water partition coefficient (Wildman–Crippen LogP) is 8.17. The van der Waals surface area contributed by atoms with Gasteiger partial charge in [-0.3, -0.25) is 4.79 Å². The van der Waals surface area contributed by atoms with E-state index in [2.05, 4.69) is 19.2 Å². The number of ether oxygens (including phenoxy) is 4. The van der Waals surface area contributed by atoms with Gasteiger partial charge in [0.05, 0.1) is 32.0 Å². The van der Waals surface area contributed by atoms with Crippen molar-refractivity contribution in [2.24, 2.45) is 0 Å². The topological polar surface area (TPSA) is 228 Å². The summed E-state index contributed by atoms with van der Waals surface area (Å²) in [5.41, 5.74) is 0. The molecule has 67 heavy (non-hydrogen) atoms. The van der Waals surface area contributed by atoms with E-state index in [4.69, 9.17) is 18.9 Å². The van der Waals surface area contributed by atoms with Gasteiger partial charge in [0.15, 0.2) is 12.6 Å². The van der Waals surface area contributed by atoms with Gasteiger partial charge in [-0.05, 0) is 12.8 Å². The summed E-state index contributed by atoms with van der Waals surface area (Å²) in [5.74, 6) is -0.207. The standard InChI is InChI=1S/C53H103NO13/c1-3-5-7-9-11-12-13-14-15-16-17-18-19-20-21-22-23-24-25-26-27-28-29-30-31-33-35-37-45(58)54-41(42(57)36-34-32-10-8-6-4-2)40-64-52-50(63)48(61)51(44(39-56)66-52)67-53-49(62)47(60)46(59)43(38-55)65-53/h41-44,46-53,55-57,59-63H,3-40H2,1-2H3,(H,54,58). The predicted molar refractivity (Wildman–Crippen MR) is 263 cm³/mol. The Morgan fingerprint density at radius 1 is 0.478 bits per heavy atom. The van der Waals surface area contributed by atoms with Crippen molar-refractivity contribution >= 4 is 5.91 Å². The van der Waals surface area contributed by atoms with Gasteiger partial charge in [0.25, 0.3) is 0 Å². The molecule has 2 rings (SSSR count). The number of aliphatic hydroxyl groups is 8. The van der Waals surface area contributed by atoms with Gasteiger partial charge >= 0.3 is 0 Å². The highest BCUT2D eigenvalue weighted by Gasteiger charge is 2.51. The Balaban J connectivity index is 1.61. The molecule has 2 aliphatic heterocycles. The molecule has 2 saturated heterocycles. The lowest BCUT2D eigenvalue weighted by atomic mass is 9.97. The van der Waals surface area contributed by atoms with Crippen LogP contribution < -0.4 is 5.32 Å². The summed E-state index contributed by atoms with van der Waals surface area (Å²) in [7, 11) is 0. The van der Waals surface area contributed by atoms with Crippen LogP contribution in [0.1, 0.15) is 239 Å². The van der Waals surface area contributed by atoms with Crippen molar-refractivity contribution in [2.45, 2.75) is 312 Å². The first-order valence-electron chi connectivity index (χ1n) is 27.8. The van der Waals surface area contributed by atoms with Gasteiger partial charge in [-0.25, -0.2) is 0 Å². The summed E-state index contributed by atoms with van der Waals surface area (Å²) in [6.45, 7) is 2.80. The van der Waals surface area contributed by atoms with Crippen LogP contribution >= 0.6 is 0 Å². The number of carbonyl (C=O) groups excluding carboxylic acids is 1. The monoisotopic (exact) mass is 962 g/mol. The smallest absolute Gasteiger partial charge is 0.220 e. The lowest BCUT2D eigenvalue weighted by molar-refractivity contribution is -0.359. The van der Waals surface area contributed by atoms with E-state index in [0.29, 0.717) is 12.8 Å². The van der Waals surface area contributed by atoms with E-state index in [1.54, 1.807) is 0 Å². The first kappa shape index (κ1) is 62.1. The minimum absolute atomic E-state index is 0.207. The van der Waals surface area contributed by atoms with Crippen LogP contribution in [0.5, 0.6) is 0 Å². The molecule has 2 fully saturated rings. The molecule has 0 saturated carbocycles. The van der Waals surface area contributed by atoms with Gasteiger partial charge in [-0.15, -0.1) is 0 Å². The normalized spacial score (nSPS) is 26.5. The molecule has 398 valence electrons. The highest BCUT2D eigenvalue weighted by atomic mass is 16.7. The van der Waals surface area contributed by atoms with Crippen LogP contribution in [0.3, 0.4) is 0 Å². The Bertz CT molecular complexity index is 1140. The third kappa shape index (κ3) is 27.4. The average molecular weight is 962 g/mol. The summed E-state index contributed by atoms with van der Waals surface area (Å²) in [5, 5.41) is 86.5. The van der Waals surface area contributed by atoms with Gasteiger partial charge in [0, 0.05) is 6.42 Å². The summed E-state index contributed by atoms with van der Waals surface area (Å²) in [4.78, 5) is 13.1. The number of aliphatic hydroxyl groups excluding tert-OH is 8. The highest BCUT2D eigenvalue weighted by molar-refractivity contribution is 5.76. The Kier molecular flexibility index (Phi) is 37.6. The summed E-state index contributed by atoms with van der Waals surface area (Å²) in [6, 6.07) is -0.819. The third-order valence-electron chi connectivity index (χ3n) is 14.1. The number of carbonyl (C=O) groups is 1. The average Bonchev–Trinajstić information content (AvgIpc) is 3.32. The van der Waals surface area contributed by atoms with Crippen molar-refractivity contribution in [3.63, 3.8) is 0 Å². The van der Waals surface area contributed by atoms with Crippen LogP contribution in [-0.4, -0.2) is 140 Å². The van der Waals surface area contributed by atoms with Crippen molar-refractivity contribution < 1.29 is 64.6 Å². The van der Waals surface area contributed by atoms with Crippen LogP contribution in [0.4, 0.5) is 0 Å². The summed E-state index contributed by atoms with van der Waals surface area (Å²) >= 11 is 0. The molecule has 0 aromatic heterocycles. The molecule has 12 unspecified atom stereocenters. The van der Waals surface area contributed by atoms with Crippen LogP contribution in [0.2, 0.25) is 0 Å². The van der Waals surface area contributed by atoms with Crippen LogP contribution in [-0.2, 0) is 23.7 Å². The van der Waals surface area contributed by atoms with E-state index in [-0.39, 0.29) is 12.5 Å². The zero-order valence-corrected chi connectivity index (χ0v) is 42.4.